The summed E-state index contributed by atoms with van der Waals surface area (Å²) < 4.78 is 5.14. The second-order valence-electron chi connectivity index (χ2n) is 3.95. The highest BCUT2D eigenvalue weighted by Gasteiger charge is 1.97. The van der Waals surface area contributed by atoms with Gasteiger partial charge in [-0.3, -0.25) is 0 Å². The zero-order valence-electron chi connectivity index (χ0n) is 12.1. The number of rotatable bonds is 4. The van der Waals surface area contributed by atoms with Crippen LogP contribution in [0, 0.1) is 6.92 Å². The average molecular weight is 274 g/mol. The Hall–Kier alpha value is -1.41. The van der Waals surface area contributed by atoms with E-state index >= 15 is 0 Å². The van der Waals surface area contributed by atoms with Crippen LogP contribution < -0.4 is 4.74 Å². The van der Waals surface area contributed by atoms with Crippen molar-refractivity contribution in [3.8, 4) is 5.75 Å². The van der Waals surface area contributed by atoms with Gasteiger partial charge in [-0.15, -0.1) is 11.8 Å². The summed E-state index contributed by atoms with van der Waals surface area (Å²) >= 11 is 1.84. The smallest absolute Gasteiger partial charge is 0.118 e. The SMILES string of the molecule is CC.COc1ccc(SCc2ccc(C)cc2)cc1. The molecule has 0 heterocycles. The molecule has 0 aliphatic carbocycles. The first-order valence-electron chi connectivity index (χ1n) is 6.60. The molecule has 0 saturated carbocycles. The molecule has 0 amide bonds. The summed E-state index contributed by atoms with van der Waals surface area (Å²) in [4.78, 5) is 1.27. The largest absolute Gasteiger partial charge is 0.497 e. The Labute approximate surface area is 121 Å². The van der Waals surface area contributed by atoms with Gasteiger partial charge < -0.3 is 4.74 Å². The third-order valence-electron chi connectivity index (χ3n) is 2.59. The first-order chi connectivity index (χ1) is 9.28. The lowest BCUT2D eigenvalue weighted by atomic mass is 10.2. The molecule has 0 saturated heterocycles. The topological polar surface area (TPSA) is 9.23 Å². The van der Waals surface area contributed by atoms with Gasteiger partial charge in [0.1, 0.15) is 5.75 Å². The first-order valence-corrected chi connectivity index (χ1v) is 7.59. The van der Waals surface area contributed by atoms with Crippen molar-refractivity contribution in [3.63, 3.8) is 0 Å². The number of hydrogen-bond donors (Lipinski definition) is 0. The van der Waals surface area contributed by atoms with Gasteiger partial charge in [-0.2, -0.15) is 0 Å². The Morgan fingerprint density at radius 3 is 2.00 bits per heavy atom. The normalized spacial score (nSPS) is 9.47. The van der Waals surface area contributed by atoms with E-state index in [4.69, 9.17) is 4.74 Å². The maximum Gasteiger partial charge on any atom is 0.118 e. The van der Waals surface area contributed by atoms with Crippen LogP contribution in [-0.4, -0.2) is 7.11 Å². The van der Waals surface area contributed by atoms with E-state index < -0.39 is 0 Å². The molecule has 0 fully saturated rings. The van der Waals surface area contributed by atoms with Crippen molar-refractivity contribution < 1.29 is 4.74 Å². The second-order valence-corrected chi connectivity index (χ2v) is 5.00. The minimum Gasteiger partial charge on any atom is -0.497 e. The van der Waals surface area contributed by atoms with E-state index in [1.54, 1.807) is 7.11 Å². The zero-order valence-corrected chi connectivity index (χ0v) is 13.0. The van der Waals surface area contributed by atoms with E-state index in [2.05, 4.69) is 43.3 Å². The van der Waals surface area contributed by atoms with Crippen molar-refractivity contribution in [2.75, 3.05) is 7.11 Å². The summed E-state index contributed by atoms with van der Waals surface area (Å²) in [6.07, 6.45) is 0. The number of benzene rings is 2. The Bertz CT molecular complexity index is 460. The minimum absolute atomic E-state index is 0.907. The van der Waals surface area contributed by atoms with Crippen molar-refractivity contribution in [1.29, 1.82) is 0 Å². The summed E-state index contributed by atoms with van der Waals surface area (Å²) in [6, 6.07) is 16.9. The Morgan fingerprint density at radius 2 is 1.47 bits per heavy atom. The fourth-order valence-corrected chi connectivity index (χ4v) is 2.38. The Balaban J connectivity index is 0.000000861. The monoisotopic (exact) mass is 274 g/mol. The molecule has 1 nitrogen and oxygen atoms in total. The van der Waals surface area contributed by atoms with Crippen LogP contribution in [0.15, 0.2) is 53.4 Å². The van der Waals surface area contributed by atoms with Gasteiger partial charge in [0.05, 0.1) is 7.11 Å². The molecule has 0 bridgehead atoms. The molecule has 0 aliphatic rings. The molecule has 19 heavy (non-hydrogen) atoms. The minimum atomic E-state index is 0.907. The van der Waals surface area contributed by atoms with Crippen LogP contribution in [0.2, 0.25) is 0 Å². The summed E-state index contributed by atoms with van der Waals surface area (Å²) in [7, 11) is 1.69. The van der Waals surface area contributed by atoms with Crippen LogP contribution >= 0.6 is 11.8 Å². The van der Waals surface area contributed by atoms with E-state index in [0.29, 0.717) is 0 Å². The van der Waals surface area contributed by atoms with E-state index in [1.807, 2.05) is 37.7 Å². The zero-order chi connectivity index (χ0) is 14.1. The van der Waals surface area contributed by atoms with E-state index in [-0.39, 0.29) is 0 Å². The average Bonchev–Trinajstić information content (AvgIpc) is 2.49. The first kappa shape index (κ1) is 15.6. The summed E-state index contributed by atoms with van der Waals surface area (Å²) in [6.45, 7) is 6.11. The Morgan fingerprint density at radius 1 is 0.895 bits per heavy atom. The van der Waals surface area contributed by atoms with E-state index in [1.165, 1.54) is 16.0 Å². The van der Waals surface area contributed by atoms with Crippen LogP contribution in [0.25, 0.3) is 0 Å². The third-order valence-corrected chi connectivity index (χ3v) is 3.67. The van der Waals surface area contributed by atoms with Crippen molar-refractivity contribution in [2.45, 2.75) is 31.4 Å². The quantitative estimate of drug-likeness (QED) is 0.698. The van der Waals surface area contributed by atoms with E-state index in [9.17, 15) is 0 Å². The molecule has 0 aromatic heterocycles. The maximum absolute atomic E-state index is 5.14. The molecular formula is C17H22OS. The van der Waals surface area contributed by atoms with Gasteiger partial charge in [-0.1, -0.05) is 43.7 Å². The highest BCUT2D eigenvalue weighted by atomic mass is 32.2. The Kier molecular flexibility index (Phi) is 7.12. The van der Waals surface area contributed by atoms with Gasteiger partial charge in [0.2, 0.25) is 0 Å². The van der Waals surface area contributed by atoms with Crippen molar-refractivity contribution in [1.82, 2.24) is 0 Å². The fourth-order valence-electron chi connectivity index (χ4n) is 1.52. The predicted octanol–water partition coefficient (Wildman–Crippen LogP) is 5.32. The van der Waals surface area contributed by atoms with Crippen molar-refractivity contribution in [2.24, 2.45) is 0 Å². The van der Waals surface area contributed by atoms with Crippen molar-refractivity contribution in [3.05, 3.63) is 59.7 Å². The van der Waals surface area contributed by atoms with Crippen LogP contribution in [0.3, 0.4) is 0 Å². The highest BCUT2D eigenvalue weighted by Crippen LogP contribution is 2.24. The molecule has 0 aliphatic heterocycles. The van der Waals surface area contributed by atoms with Gasteiger partial charge >= 0.3 is 0 Å². The maximum atomic E-state index is 5.14. The fraction of sp³-hybridized carbons (Fsp3) is 0.294. The summed E-state index contributed by atoms with van der Waals surface area (Å²) in [5, 5.41) is 0. The predicted molar refractivity (Wildman–Crippen MR) is 85.1 cm³/mol. The third kappa shape index (κ3) is 5.39. The lowest BCUT2D eigenvalue weighted by molar-refractivity contribution is 0.414. The number of hydrogen-bond acceptors (Lipinski definition) is 2. The van der Waals surface area contributed by atoms with Gasteiger partial charge in [-0.25, -0.2) is 0 Å². The molecule has 2 rings (SSSR count). The van der Waals surface area contributed by atoms with Crippen molar-refractivity contribution >= 4 is 11.8 Å². The number of ether oxygens (including phenoxy) is 1. The molecule has 2 aromatic rings. The molecule has 0 atom stereocenters. The van der Waals surface area contributed by atoms with Gasteiger partial charge in [0.15, 0.2) is 0 Å². The number of methoxy groups -OCH3 is 1. The molecular weight excluding hydrogens is 252 g/mol. The highest BCUT2D eigenvalue weighted by molar-refractivity contribution is 7.98. The lowest BCUT2D eigenvalue weighted by Crippen LogP contribution is -1.83. The van der Waals surface area contributed by atoms with Gasteiger partial charge in [0, 0.05) is 10.6 Å². The molecule has 0 spiro atoms. The second kappa shape index (κ2) is 8.65. The van der Waals surface area contributed by atoms with Crippen LogP contribution in [0.1, 0.15) is 25.0 Å². The summed E-state index contributed by atoms with van der Waals surface area (Å²) in [5.74, 6) is 1.91. The van der Waals surface area contributed by atoms with Crippen LogP contribution in [0.5, 0.6) is 5.75 Å². The van der Waals surface area contributed by atoms with Gasteiger partial charge in [-0.05, 0) is 36.8 Å². The molecule has 2 heteroatoms. The van der Waals surface area contributed by atoms with Gasteiger partial charge in [0.25, 0.3) is 0 Å². The van der Waals surface area contributed by atoms with Crippen LogP contribution in [-0.2, 0) is 5.75 Å². The summed E-state index contributed by atoms with van der Waals surface area (Å²) in [5.41, 5.74) is 2.67. The molecule has 102 valence electrons. The lowest BCUT2D eigenvalue weighted by Gasteiger charge is -2.04. The number of aryl methyl sites for hydroxylation is 1. The molecule has 2 aromatic carbocycles. The molecule has 0 N–H and O–H groups in total. The standard InChI is InChI=1S/C15H16OS.C2H6/c1-12-3-5-13(6-4-12)11-17-15-9-7-14(16-2)8-10-15;1-2/h3-10H,11H2,1-2H3;1-2H3. The van der Waals surface area contributed by atoms with Crippen LogP contribution in [0.4, 0.5) is 0 Å². The number of thioether (sulfide) groups is 1. The molecule has 0 unspecified atom stereocenters. The van der Waals surface area contributed by atoms with E-state index in [0.717, 1.165) is 11.5 Å². The molecule has 0 radical (unpaired) electrons.